The molecule has 7 nitrogen and oxygen atoms in total. The van der Waals surface area contributed by atoms with Gasteiger partial charge in [0.25, 0.3) is 17.4 Å². The van der Waals surface area contributed by atoms with E-state index in [0.29, 0.717) is 34.3 Å². The topological polar surface area (TPSA) is 81.5 Å². The molecule has 6 rings (SSSR count). The van der Waals surface area contributed by atoms with E-state index < -0.39 is 0 Å². The summed E-state index contributed by atoms with van der Waals surface area (Å²) >= 11 is 1.43. The monoisotopic (exact) mass is 509 g/mol. The minimum atomic E-state index is -0.274. The van der Waals surface area contributed by atoms with E-state index in [4.69, 9.17) is 4.74 Å². The molecular formula is C29H23N3O4S. The normalized spacial score (nSPS) is 13.1. The van der Waals surface area contributed by atoms with Gasteiger partial charge in [-0.2, -0.15) is 0 Å². The number of carbonyl (C=O) groups excluding carboxylic acids is 2. The van der Waals surface area contributed by atoms with E-state index in [9.17, 15) is 14.4 Å². The van der Waals surface area contributed by atoms with Crippen LogP contribution in [0.3, 0.4) is 0 Å². The van der Waals surface area contributed by atoms with Crippen molar-refractivity contribution in [1.29, 1.82) is 0 Å². The summed E-state index contributed by atoms with van der Waals surface area (Å²) in [6.07, 6.45) is 2.05. The molecule has 37 heavy (non-hydrogen) atoms. The second-order valence-electron chi connectivity index (χ2n) is 9.03. The Balaban J connectivity index is 1.31. The zero-order valence-corrected chi connectivity index (χ0v) is 21.2. The van der Waals surface area contributed by atoms with Crippen LogP contribution in [0.25, 0.3) is 21.0 Å². The van der Waals surface area contributed by atoms with Gasteiger partial charge in [0, 0.05) is 23.4 Å². The molecule has 184 valence electrons. The van der Waals surface area contributed by atoms with Crippen LogP contribution in [-0.4, -0.2) is 39.9 Å². The zero-order chi connectivity index (χ0) is 25.7. The van der Waals surface area contributed by atoms with Crippen molar-refractivity contribution in [3.63, 3.8) is 0 Å². The summed E-state index contributed by atoms with van der Waals surface area (Å²) in [6.45, 7) is 2.48. The van der Waals surface area contributed by atoms with Gasteiger partial charge in [-0.3, -0.25) is 23.9 Å². The quantitative estimate of drug-likeness (QED) is 0.307. The number of imide groups is 1. The number of carbonyl (C=O) groups is 2. The van der Waals surface area contributed by atoms with E-state index in [1.165, 1.54) is 16.2 Å². The maximum absolute atomic E-state index is 13.6. The molecule has 0 fully saturated rings. The Bertz CT molecular complexity index is 1750. The number of aromatic nitrogens is 2. The number of thiophene rings is 1. The van der Waals surface area contributed by atoms with Gasteiger partial charge in [0.05, 0.1) is 36.5 Å². The van der Waals surface area contributed by atoms with Gasteiger partial charge in [-0.1, -0.05) is 42.5 Å². The van der Waals surface area contributed by atoms with E-state index in [2.05, 4.69) is 4.98 Å². The number of hydrogen-bond donors (Lipinski definition) is 0. The van der Waals surface area contributed by atoms with Crippen molar-refractivity contribution in [2.45, 2.75) is 19.9 Å². The molecule has 0 saturated heterocycles. The van der Waals surface area contributed by atoms with E-state index in [1.807, 2.05) is 43.3 Å². The van der Waals surface area contributed by atoms with E-state index in [-0.39, 0.29) is 23.9 Å². The standard InChI is InChI=1S/C29H23N3O4S/c1-17-24(13-14-32-27(33)20-9-5-6-10-21(20)28(32)34)37-26-25(17)29(35)31(16-30-26)15-22-19-8-4-3-7-18(19)11-12-23(22)36-2/h3-12,16H,13-15H2,1-2H3. The van der Waals surface area contributed by atoms with E-state index in [0.717, 1.165) is 32.5 Å². The summed E-state index contributed by atoms with van der Waals surface area (Å²) in [5, 5.41) is 2.67. The number of methoxy groups -OCH3 is 1. The van der Waals surface area contributed by atoms with Crippen molar-refractivity contribution in [3.05, 3.63) is 104 Å². The molecule has 1 aliphatic rings. The third-order valence-corrected chi connectivity index (χ3v) is 8.26. The van der Waals surface area contributed by atoms with Gasteiger partial charge in [0.15, 0.2) is 0 Å². The summed E-state index contributed by atoms with van der Waals surface area (Å²) in [5.74, 6) is 0.169. The lowest BCUT2D eigenvalue weighted by Crippen LogP contribution is -2.31. The molecule has 0 aliphatic carbocycles. The van der Waals surface area contributed by atoms with Gasteiger partial charge in [-0.25, -0.2) is 4.98 Å². The van der Waals surface area contributed by atoms with Gasteiger partial charge >= 0.3 is 0 Å². The Hall–Kier alpha value is -4.30. The summed E-state index contributed by atoms with van der Waals surface area (Å²) in [7, 11) is 1.63. The van der Waals surface area contributed by atoms with Crippen molar-refractivity contribution in [2.75, 3.05) is 13.7 Å². The largest absolute Gasteiger partial charge is 0.496 e. The first-order valence-corrected chi connectivity index (χ1v) is 12.8. The summed E-state index contributed by atoms with van der Waals surface area (Å²) in [5.41, 5.74) is 2.51. The Kier molecular flexibility index (Phi) is 5.61. The van der Waals surface area contributed by atoms with E-state index >= 15 is 0 Å². The molecule has 0 atom stereocenters. The zero-order valence-electron chi connectivity index (χ0n) is 20.4. The fraction of sp³-hybridized carbons (Fsp3) is 0.172. The molecule has 5 aromatic rings. The summed E-state index contributed by atoms with van der Waals surface area (Å²) < 4.78 is 7.22. The van der Waals surface area contributed by atoms with Gasteiger partial charge < -0.3 is 4.74 Å². The molecular weight excluding hydrogens is 486 g/mol. The number of aryl methyl sites for hydroxylation is 1. The lowest BCUT2D eigenvalue weighted by atomic mass is 10.0. The molecule has 2 amide bonds. The lowest BCUT2D eigenvalue weighted by molar-refractivity contribution is 0.0656. The van der Waals surface area contributed by atoms with Crippen LogP contribution in [0.2, 0.25) is 0 Å². The number of ether oxygens (including phenoxy) is 1. The highest BCUT2D eigenvalue weighted by molar-refractivity contribution is 7.18. The second kappa shape index (κ2) is 8.97. The highest BCUT2D eigenvalue weighted by Crippen LogP contribution is 2.31. The number of hydrogen-bond acceptors (Lipinski definition) is 6. The van der Waals surface area contributed by atoms with Gasteiger partial charge in [0.1, 0.15) is 10.6 Å². The van der Waals surface area contributed by atoms with Crippen LogP contribution in [0.4, 0.5) is 0 Å². The average molecular weight is 510 g/mol. The summed E-state index contributed by atoms with van der Waals surface area (Å²) in [4.78, 5) is 46.5. The molecule has 0 spiro atoms. The number of amides is 2. The molecule has 0 unspecified atom stereocenters. The molecule has 1 aliphatic heterocycles. The Morgan fingerprint density at radius 3 is 2.35 bits per heavy atom. The van der Waals surface area contributed by atoms with Crippen LogP contribution < -0.4 is 10.3 Å². The highest BCUT2D eigenvalue weighted by atomic mass is 32.1. The maximum Gasteiger partial charge on any atom is 0.262 e. The third kappa shape index (κ3) is 3.72. The van der Waals surface area contributed by atoms with Gasteiger partial charge in [-0.15, -0.1) is 11.3 Å². The van der Waals surface area contributed by atoms with Crippen molar-refractivity contribution in [1.82, 2.24) is 14.5 Å². The van der Waals surface area contributed by atoms with Crippen LogP contribution in [0.5, 0.6) is 5.75 Å². The first-order valence-electron chi connectivity index (χ1n) is 11.9. The fourth-order valence-electron chi connectivity index (χ4n) is 5.05. The Morgan fingerprint density at radius 2 is 1.62 bits per heavy atom. The molecule has 0 saturated carbocycles. The lowest BCUT2D eigenvalue weighted by Gasteiger charge is -2.13. The summed E-state index contributed by atoms with van der Waals surface area (Å²) in [6, 6.07) is 18.8. The average Bonchev–Trinajstić information content (AvgIpc) is 3.37. The van der Waals surface area contributed by atoms with Gasteiger partial charge in [-0.05, 0) is 41.5 Å². The maximum atomic E-state index is 13.6. The van der Waals surface area contributed by atoms with E-state index in [1.54, 1.807) is 42.3 Å². The van der Waals surface area contributed by atoms with Crippen molar-refractivity contribution >= 4 is 44.1 Å². The van der Waals surface area contributed by atoms with Crippen LogP contribution in [0, 0.1) is 6.92 Å². The minimum absolute atomic E-state index is 0.124. The number of rotatable bonds is 6. The molecule has 0 radical (unpaired) electrons. The molecule has 3 heterocycles. The second-order valence-corrected chi connectivity index (χ2v) is 10.1. The first-order chi connectivity index (χ1) is 18.0. The van der Waals surface area contributed by atoms with Crippen LogP contribution in [-0.2, 0) is 13.0 Å². The van der Waals surface area contributed by atoms with Crippen LogP contribution >= 0.6 is 11.3 Å². The number of fused-ring (bicyclic) bond motifs is 3. The molecule has 8 heteroatoms. The van der Waals surface area contributed by atoms with Gasteiger partial charge in [0.2, 0.25) is 0 Å². The molecule has 0 bridgehead atoms. The van der Waals surface area contributed by atoms with Crippen LogP contribution in [0.1, 0.15) is 36.7 Å². The van der Waals surface area contributed by atoms with Crippen molar-refractivity contribution in [2.24, 2.45) is 0 Å². The highest BCUT2D eigenvalue weighted by Gasteiger charge is 2.34. The SMILES string of the molecule is COc1ccc2ccccc2c1Cn1cnc2sc(CCN3C(=O)c4ccccc4C3=O)c(C)c2c1=O. The fourth-order valence-corrected chi connectivity index (χ4v) is 6.18. The van der Waals surface area contributed by atoms with Crippen molar-refractivity contribution in [3.8, 4) is 5.75 Å². The van der Waals surface area contributed by atoms with Crippen molar-refractivity contribution < 1.29 is 14.3 Å². The molecule has 0 N–H and O–H groups in total. The predicted molar refractivity (Wildman–Crippen MR) is 144 cm³/mol. The third-order valence-electron chi connectivity index (χ3n) is 7.00. The first kappa shape index (κ1) is 23.1. The Labute approximate surface area is 216 Å². The van der Waals surface area contributed by atoms with Crippen LogP contribution in [0.15, 0.2) is 71.8 Å². The number of benzene rings is 3. The molecule has 3 aromatic carbocycles. The molecule has 2 aromatic heterocycles. The Morgan fingerprint density at radius 1 is 0.919 bits per heavy atom. The minimum Gasteiger partial charge on any atom is -0.496 e. The predicted octanol–water partition coefficient (Wildman–Crippen LogP) is 4.82. The number of nitrogens with zero attached hydrogens (tertiary/aromatic N) is 3. The smallest absolute Gasteiger partial charge is 0.262 e.